The first-order valence-electron chi connectivity index (χ1n) is 14.4. The third kappa shape index (κ3) is 5.71. The fourth-order valence-corrected chi connectivity index (χ4v) is 7.04. The molecule has 44 heavy (non-hydrogen) atoms. The van der Waals surface area contributed by atoms with E-state index in [0.29, 0.717) is 46.9 Å². The summed E-state index contributed by atoms with van der Waals surface area (Å²) in [6, 6.07) is 20.8. The average molecular weight is 633 g/mol. The highest BCUT2D eigenvalue weighted by Crippen LogP contribution is 2.49. The fourth-order valence-electron chi connectivity index (χ4n) is 5.72. The molecule has 0 radical (unpaired) electrons. The number of carbonyl (C=O) groups excluding carboxylic acids is 2. The van der Waals surface area contributed by atoms with Gasteiger partial charge in [0.2, 0.25) is 11.8 Å². The van der Waals surface area contributed by atoms with E-state index in [1.807, 2.05) is 71.6 Å². The van der Waals surface area contributed by atoms with Crippen molar-refractivity contribution >= 4 is 41.0 Å². The third-order valence-electron chi connectivity index (χ3n) is 7.99. The Kier molecular flexibility index (Phi) is 8.72. The van der Waals surface area contributed by atoms with Crippen LogP contribution >= 0.6 is 23.4 Å². The van der Waals surface area contributed by atoms with Crippen molar-refractivity contribution in [3.63, 3.8) is 0 Å². The van der Waals surface area contributed by atoms with E-state index in [-0.39, 0.29) is 29.4 Å². The largest absolute Gasteiger partial charge is 0.497 e. The van der Waals surface area contributed by atoms with Gasteiger partial charge in [0.1, 0.15) is 18.1 Å². The minimum atomic E-state index is -0.321. The number of halogens is 1. The van der Waals surface area contributed by atoms with E-state index < -0.39 is 0 Å². The first kappa shape index (κ1) is 29.9. The zero-order valence-corrected chi connectivity index (χ0v) is 26.4. The molecule has 1 atom stereocenters. The van der Waals surface area contributed by atoms with Crippen molar-refractivity contribution in [3.8, 4) is 34.2 Å². The van der Waals surface area contributed by atoms with Crippen LogP contribution in [0.1, 0.15) is 29.2 Å². The topological polar surface area (TPSA) is 86.1 Å². The minimum Gasteiger partial charge on any atom is -0.497 e. The molecular weight excluding hydrogens is 600 g/mol. The van der Waals surface area contributed by atoms with Gasteiger partial charge in [0, 0.05) is 29.2 Å². The number of benzene rings is 3. The van der Waals surface area contributed by atoms with Crippen LogP contribution in [0.2, 0.25) is 5.02 Å². The standard InChI is InChI=1S/C33H33ClN4O5S/c1-41-25-13-11-24(12-14-25)38-33-30(31(35-38)21-6-9-23(34)10-7-21)32(22-8-15-26(42-2)27(18-22)43-3)44-20-29(40)37(33)19-28(39)36-16-4-5-17-36/h6-15,18,32H,4-5,16-17,19-20H2,1-3H3/t32-/m1/s1. The normalized spacial score (nSPS) is 16.5. The molecule has 3 aromatic carbocycles. The van der Waals surface area contributed by atoms with Gasteiger partial charge in [-0.05, 0) is 66.9 Å². The van der Waals surface area contributed by atoms with E-state index in [1.54, 1.807) is 30.9 Å². The monoisotopic (exact) mass is 632 g/mol. The molecule has 0 saturated carbocycles. The smallest absolute Gasteiger partial charge is 0.242 e. The van der Waals surface area contributed by atoms with Gasteiger partial charge in [0.25, 0.3) is 0 Å². The summed E-state index contributed by atoms with van der Waals surface area (Å²) < 4.78 is 18.3. The second kappa shape index (κ2) is 12.8. The molecule has 2 aliphatic rings. The van der Waals surface area contributed by atoms with Crippen LogP contribution in [-0.4, -0.2) is 73.2 Å². The summed E-state index contributed by atoms with van der Waals surface area (Å²) in [5, 5.41) is 5.43. The Labute approximate surface area is 265 Å². The molecule has 11 heteroatoms. The summed E-state index contributed by atoms with van der Waals surface area (Å²) in [7, 11) is 4.81. The number of ether oxygens (including phenoxy) is 3. The molecule has 0 spiro atoms. The molecule has 2 amide bonds. The number of aromatic nitrogens is 2. The molecular formula is C33H33ClN4O5S. The number of nitrogens with zero attached hydrogens (tertiary/aromatic N) is 4. The van der Waals surface area contributed by atoms with Crippen LogP contribution < -0.4 is 19.1 Å². The molecule has 9 nitrogen and oxygen atoms in total. The Morgan fingerprint density at radius 1 is 0.932 bits per heavy atom. The highest BCUT2D eigenvalue weighted by atomic mass is 35.5. The van der Waals surface area contributed by atoms with Crippen LogP contribution in [0.5, 0.6) is 17.2 Å². The summed E-state index contributed by atoms with van der Waals surface area (Å²) >= 11 is 7.78. The van der Waals surface area contributed by atoms with Gasteiger partial charge in [0.15, 0.2) is 11.5 Å². The summed E-state index contributed by atoms with van der Waals surface area (Å²) in [5.74, 6) is 2.37. The Balaban J connectivity index is 1.60. The summed E-state index contributed by atoms with van der Waals surface area (Å²) in [6.45, 7) is 1.32. The summed E-state index contributed by atoms with van der Waals surface area (Å²) in [4.78, 5) is 31.0. The van der Waals surface area contributed by atoms with Crippen molar-refractivity contribution in [2.75, 3.05) is 51.6 Å². The molecule has 2 aliphatic heterocycles. The molecule has 0 bridgehead atoms. The molecule has 1 aromatic heterocycles. The molecule has 0 unspecified atom stereocenters. The number of fused-ring (bicyclic) bond motifs is 1. The van der Waals surface area contributed by atoms with Crippen LogP contribution in [0.4, 0.5) is 5.82 Å². The maximum absolute atomic E-state index is 14.0. The number of rotatable bonds is 8. The van der Waals surface area contributed by atoms with E-state index in [9.17, 15) is 9.59 Å². The van der Waals surface area contributed by atoms with Gasteiger partial charge in [0.05, 0.1) is 43.7 Å². The van der Waals surface area contributed by atoms with Crippen molar-refractivity contribution in [2.24, 2.45) is 0 Å². The summed E-state index contributed by atoms with van der Waals surface area (Å²) in [6.07, 6.45) is 1.93. The highest BCUT2D eigenvalue weighted by molar-refractivity contribution is 8.00. The van der Waals surface area contributed by atoms with Crippen LogP contribution in [0.3, 0.4) is 0 Å². The molecule has 1 saturated heterocycles. The molecule has 3 heterocycles. The Morgan fingerprint density at radius 3 is 2.30 bits per heavy atom. The first-order chi connectivity index (χ1) is 21.4. The zero-order valence-electron chi connectivity index (χ0n) is 24.8. The van der Waals surface area contributed by atoms with Gasteiger partial charge in [-0.15, -0.1) is 11.8 Å². The fraction of sp³-hybridized carbons (Fsp3) is 0.303. The number of thioether (sulfide) groups is 1. The number of amides is 2. The Bertz CT molecular complexity index is 1670. The molecule has 0 N–H and O–H groups in total. The van der Waals surface area contributed by atoms with Crippen LogP contribution in [0.15, 0.2) is 66.7 Å². The van der Waals surface area contributed by atoms with Gasteiger partial charge in [-0.25, -0.2) is 4.68 Å². The van der Waals surface area contributed by atoms with E-state index >= 15 is 0 Å². The second-order valence-corrected chi connectivity index (χ2v) is 12.1. The lowest BCUT2D eigenvalue weighted by molar-refractivity contribution is -0.130. The molecule has 1 fully saturated rings. The number of anilines is 1. The maximum Gasteiger partial charge on any atom is 0.242 e. The minimum absolute atomic E-state index is 0.0764. The van der Waals surface area contributed by atoms with E-state index in [4.69, 9.17) is 30.9 Å². The number of methoxy groups -OCH3 is 3. The van der Waals surface area contributed by atoms with Gasteiger partial charge < -0.3 is 19.1 Å². The SMILES string of the molecule is COc1ccc(-n2nc(-c3ccc(Cl)cc3)c3c2N(CC(=O)N2CCCC2)C(=O)CS[C@@H]3c2ccc(OC)c(OC)c2)cc1. The second-order valence-electron chi connectivity index (χ2n) is 10.6. The molecule has 4 aromatic rings. The lowest BCUT2D eigenvalue weighted by atomic mass is 9.99. The summed E-state index contributed by atoms with van der Waals surface area (Å²) in [5.41, 5.74) is 3.99. The van der Waals surface area contributed by atoms with Crippen molar-refractivity contribution in [2.45, 2.75) is 18.1 Å². The van der Waals surface area contributed by atoms with E-state index in [0.717, 1.165) is 35.2 Å². The van der Waals surface area contributed by atoms with Gasteiger partial charge in [-0.2, -0.15) is 5.10 Å². The number of carbonyl (C=O) groups is 2. The van der Waals surface area contributed by atoms with Gasteiger partial charge >= 0.3 is 0 Å². The van der Waals surface area contributed by atoms with Crippen molar-refractivity contribution < 1.29 is 23.8 Å². The van der Waals surface area contributed by atoms with Crippen molar-refractivity contribution in [1.29, 1.82) is 0 Å². The molecule has 0 aliphatic carbocycles. The molecule has 228 valence electrons. The predicted molar refractivity (Wildman–Crippen MR) is 173 cm³/mol. The van der Waals surface area contributed by atoms with E-state index in [2.05, 4.69) is 0 Å². The quantitative estimate of drug-likeness (QED) is 0.235. The van der Waals surface area contributed by atoms with E-state index in [1.165, 1.54) is 11.8 Å². The van der Waals surface area contributed by atoms with Crippen LogP contribution in [0.25, 0.3) is 16.9 Å². The molecule has 6 rings (SSSR count). The van der Waals surface area contributed by atoms with Gasteiger partial charge in [-0.3, -0.25) is 14.5 Å². The third-order valence-corrected chi connectivity index (χ3v) is 9.49. The Morgan fingerprint density at radius 2 is 1.64 bits per heavy atom. The van der Waals surface area contributed by atoms with Crippen LogP contribution in [0, 0.1) is 0 Å². The number of hydrogen-bond donors (Lipinski definition) is 0. The zero-order chi connectivity index (χ0) is 30.8. The average Bonchev–Trinajstić information content (AvgIpc) is 3.71. The lowest BCUT2D eigenvalue weighted by Gasteiger charge is -2.25. The predicted octanol–water partition coefficient (Wildman–Crippen LogP) is 6.01. The van der Waals surface area contributed by atoms with Crippen LogP contribution in [-0.2, 0) is 9.59 Å². The van der Waals surface area contributed by atoms with Crippen molar-refractivity contribution in [3.05, 3.63) is 82.9 Å². The first-order valence-corrected chi connectivity index (χ1v) is 15.8. The van der Waals surface area contributed by atoms with Crippen molar-refractivity contribution in [1.82, 2.24) is 14.7 Å². The lowest BCUT2D eigenvalue weighted by Crippen LogP contribution is -2.43. The number of hydrogen-bond acceptors (Lipinski definition) is 7. The highest BCUT2D eigenvalue weighted by Gasteiger charge is 2.38. The maximum atomic E-state index is 14.0. The number of likely N-dealkylation sites (tertiary alicyclic amines) is 1. The Hall–Kier alpha value is -4.15. The van der Waals surface area contributed by atoms with Gasteiger partial charge in [-0.1, -0.05) is 29.8 Å².